The van der Waals surface area contributed by atoms with Crippen molar-refractivity contribution in [3.63, 3.8) is 0 Å². The summed E-state index contributed by atoms with van der Waals surface area (Å²) in [5.74, 6) is 2.17. The van der Waals surface area contributed by atoms with Crippen molar-refractivity contribution >= 4 is 33.4 Å². The van der Waals surface area contributed by atoms with Crippen molar-refractivity contribution in [3.8, 4) is 0 Å². The maximum atomic E-state index is 12.5. The van der Waals surface area contributed by atoms with E-state index in [2.05, 4.69) is 10.6 Å². The van der Waals surface area contributed by atoms with Gasteiger partial charge in [-0.25, -0.2) is 0 Å². The predicted molar refractivity (Wildman–Crippen MR) is 107 cm³/mol. The first-order valence-electron chi connectivity index (χ1n) is 9.46. The van der Waals surface area contributed by atoms with Gasteiger partial charge in [-0.1, -0.05) is 33.7 Å². The molecule has 1 aromatic carbocycles. The first-order chi connectivity index (χ1) is 12.6. The van der Waals surface area contributed by atoms with E-state index in [0.29, 0.717) is 5.56 Å². The monoisotopic (exact) mass is 390 g/mol. The Hall–Kier alpha value is -1.14. The van der Waals surface area contributed by atoms with Gasteiger partial charge in [0.2, 0.25) is 5.91 Å². The second-order valence-corrected chi connectivity index (χ2v) is 10.6. The Morgan fingerprint density at radius 2 is 1.69 bits per heavy atom. The summed E-state index contributed by atoms with van der Waals surface area (Å²) in [6.07, 6.45) is 9.45. The lowest BCUT2D eigenvalue weighted by Crippen LogP contribution is -2.61. The van der Waals surface area contributed by atoms with Crippen molar-refractivity contribution in [2.24, 2.45) is 17.8 Å². The fourth-order valence-electron chi connectivity index (χ4n) is 5.68. The molecule has 0 aliphatic heterocycles. The molecule has 4 fully saturated rings. The summed E-state index contributed by atoms with van der Waals surface area (Å²) < 4.78 is 0. The summed E-state index contributed by atoms with van der Waals surface area (Å²) in [6.45, 7) is 0.0544. The molecule has 0 radical (unpaired) electrons. The van der Waals surface area contributed by atoms with E-state index in [1.165, 1.54) is 19.3 Å². The Kier molecular flexibility index (Phi) is 5.24. The van der Waals surface area contributed by atoms with Crippen LogP contribution < -0.4 is 10.6 Å². The number of carbonyl (C=O) groups excluding carboxylic acids is 2. The lowest BCUT2D eigenvalue weighted by Gasteiger charge is -2.56. The molecule has 2 amide bonds. The number of carbonyl (C=O) groups is 2. The molecule has 4 bridgehead atoms. The fourth-order valence-corrected chi connectivity index (χ4v) is 7.22. The second-order valence-electron chi connectivity index (χ2n) is 8.17. The minimum atomic E-state index is -0.178. The average molecular weight is 391 g/mol. The number of benzene rings is 1. The summed E-state index contributed by atoms with van der Waals surface area (Å²) in [5, 5.41) is 6.11. The van der Waals surface area contributed by atoms with E-state index >= 15 is 0 Å². The summed E-state index contributed by atoms with van der Waals surface area (Å²) >= 11 is 0. The molecule has 0 heterocycles. The van der Waals surface area contributed by atoms with Crippen LogP contribution in [0.25, 0.3) is 0 Å². The Morgan fingerprint density at radius 1 is 1.08 bits per heavy atom. The molecule has 0 saturated heterocycles. The van der Waals surface area contributed by atoms with Gasteiger partial charge in [-0.05, 0) is 74.7 Å². The van der Waals surface area contributed by atoms with Crippen LogP contribution in [-0.4, -0.2) is 30.2 Å². The second kappa shape index (κ2) is 7.47. The molecule has 1 aromatic rings. The van der Waals surface area contributed by atoms with Crippen LogP contribution in [0.4, 0.5) is 0 Å². The van der Waals surface area contributed by atoms with E-state index in [4.69, 9.17) is 0 Å². The number of rotatable bonds is 6. The number of hydrogen-bond acceptors (Lipinski definition) is 4. The molecule has 0 atom stereocenters. The summed E-state index contributed by atoms with van der Waals surface area (Å²) in [4.78, 5) is 26.0. The van der Waals surface area contributed by atoms with E-state index in [1.807, 2.05) is 30.5 Å². The minimum absolute atomic E-state index is 0.00315. The molecule has 0 spiro atoms. The van der Waals surface area contributed by atoms with Gasteiger partial charge in [-0.3, -0.25) is 9.59 Å². The Bertz CT molecular complexity index is 672. The van der Waals surface area contributed by atoms with Gasteiger partial charge in [0, 0.05) is 10.4 Å². The van der Waals surface area contributed by atoms with Crippen molar-refractivity contribution in [3.05, 3.63) is 29.8 Å². The summed E-state index contributed by atoms with van der Waals surface area (Å²) in [6, 6.07) is 7.53. The number of amides is 2. The third kappa shape index (κ3) is 3.77. The highest BCUT2D eigenvalue weighted by Gasteiger charge is 2.51. The van der Waals surface area contributed by atoms with E-state index < -0.39 is 0 Å². The highest BCUT2D eigenvalue weighted by molar-refractivity contribution is 8.76. The summed E-state index contributed by atoms with van der Waals surface area (Å²) in [5.41, 5.74) is 0.637. The van der Waals surface area contributed by atoms with Gasteiger partial charge in [0.1, 0.15) is 0 Å². The molecule has 0 aromatic heterocycles. The number of hydrogen-bond donors (Lipinski definition) is 2. The Labute approximate surface area is 163 Å². The zero-order valence-corrected chi connectivity index (χ0v) is 16.8. The van der Waals surface area contributed by atoms with Crippen LogP contribution in [0.3, 0.4) is 0 Å². The van der Waals surface area contributed by atoms with Crippen LogP contribution in [0.15, 0.2) is 29.2 Å². The zero-order valence-electron chi connectivity index (χ0n) is 15.1. The molecule has 26 heavy (non-hydrogen) atoms. The van der Waals surface area contributed by atoms with Gasteiger partial charge >= 0.3 is 0 Å². The molecule has 2 N–H and O–H groups in total. The molecule has 4 aliphatic rings. The molecule has 140 valence electrons. The van der Waals surface area contributed by atoms with Gasteiger partial charge in [-0.2, -0.15) is 0 Å². The predicted octanol–water partition coefficient (Wildman–Crippen LogP) is 3.87. The highest BCUT2D eigenvalue weighted by atomic mass is 33.1. The van der Waals surface area contributed by atoms with E-state index in [-0.39, 0.29) is 23.9 Å². The largest absolute Gasteiger partial charge is 0.349 e. The van der Waals surface area contributed by atoms with Crippen molar-refractivity contribution in [1.29, 1.82) is 0 Å². The Balaban J connectivity index is 1.34. The summed E-state index contributed by atoms with van der Waals surface area (Å²) in [7, 11) is 3.17. The highest BCUT2D eigenvalue weighted by Crippen LogP contribution is 2.55. The topological polar surface area (TPSA) is 58.2 Å². The fraction of sp³-hybridized carbons (Fsp3) is 0.600. The number of nitrogens with one attached hydrogen (secondary N) is 2. The molecule has 4 nitrogen and oxygen atoms in total. The lowest BCUT2D eigenvalue weighted by molar-refractivity contribution is -0.125. The van der Waals surface area contributed by atoms with Gasteiger partial charge < -0.3 is 10.6 Å². The smallest absolute Gasteiger partial charge is 0.252 e. The van der Waals surface area contributed by atoms with Gasteiger partial charge in [0.25, 0.3) is 5.91 Å². The van der Waals surface area contributed by atoms with Gasteiger partial charge in [-0.15, -0.1) is 0 Å². The average Bonchev–Trinajstić information content (AvgIpc) is 2.59. The van der Waals surface area contributed by atoms with Crippen LogP contribution in [0.1, 0.15) is 48.9 Å². The van der Waals surface area contributed by atoms with Crippen molar-refractivity contribution < 1.29 is 9.59 Å². The molecule has 0 unspecified atom stereocenters. The van der Waals surface area contributed by atoms with Crippen LogP contribution in [0.5, 0.6) is 0 Å². The van der Waals surface area contributed by atoms with Crippen LogP contribution in [-0.2, 0) is 4.79 Å². The van der Waals surface area contributed by atoms with Crippen molar-refractivity contribution in [1.82, 2.24) is 10.6 Å². The first kappa shape index (κ1) is 18.2. The minimum Gasteiger partial charge on any atom is -0.349 e. The van der Waals surface area contributed by atoms with E-state index in [0.717, 1.165) is 41.9 Å². The van der Waals surface area contributed by atoms with Crippen LogP contribution >= 0.6 is 21.6 Å². The van der Waals surface area contributed by atoms with Crippen molar-refractivity contribution in [2.45, 2.75) is 49.0 Å². The van der Waals surface area contributed by atoms with E-state index in [9.17, 15) is 9.59 Å². The standard InChI is InChI=1S/C20H26N2O2S2/c1-25-26-17-5-3-2-4-16(17)19(24)21-12-18(23)22-20-9-13-6-14(10-20)8-15(7-13)11-20/h2-5,13-15H,6-12H2,1H3,(H,21,24)(H,22,23). The maximum absolute atomic E-state index is 12.5. The normalized spacial score (nSPS) is 31.7. The third-order valence-corrected chi connectivity index (χ3v) is 7.90. The molecule has 6 heteroatoms. The van der Waals surface area contributed by atoms with Crippen LogP contribution in [0, 0.1) is 17.8 Å². The Morgan fingerprint density at radius 3 is 2.31 bits per heavy atom. The van der Waals surface area contributed by atoms with E-state index in [1.54, 1.807) is 21.6 Å². The lowest BCUT2D eigenvalue weighted by atomic mass is 9.53. The molecule has 4 saturated carbocycles. The molecular formula is C20H26N2O2S2. The van der Waals surface area contributed by atoms with Gasteiger partial charge in [0.15, 0.2) is 0 Å². The molecular weight excluding hydrogens is 364 g/mol. The quantitative estimate of drug-likeness (QED) is 0.724. The molecule has 4 aliphatic carbocycles. The SMILES string of the molecule is CSSc1ccccc1C(=O)NCC(=O)NC12CC3CC(CC(C3)C1)C2. The van der Waals surface area contributed by atoms with Crippen LogP contribution in [0.2, 0.25) is 0 Å². The molecule has 5 rings (SSSR count). The maximum Gasteiger partial charge on any atom is 0.252 e. The zero-order chi connectivity index (χ0) is 18.1. The third-order valence-electron chi connectivity index (χ3n) is 6.16. The first-order valence-corrected chi connectivity index (χ1v) is 12.0. The van der Waals surface area contributed by atoms with Gasteiger partial charge in [0.05, 0.1) is 12.1 Å². The van der Waals surface area contributed by atoms with Crippen molar-refractivity contribution in [2.75, 3.05) is 12.8 Å².